The van der Waals surface area contributed by atoms with Crippen LogP contribution in [0.15, 0.2) is 12.3 Å². The van der Waals surface area contributed by atoms with Gasteiger partial charge in [-0.15, -0.1) is 0 Å². The van der Waals surface area contributed by atoms with Crippen LogP contribution >= 0.6 is 0 Å². The highest BCUT2D eigenvalue weighted by Gasteiger charge is 2.17. The maximum atomic E-state index is 9.69. The van der Waals surface area contributed by atoms with Crippen LogP contribution in [0.5, 0.6) is 0 Å². The Morgan fingerprint density at radius 3 is 3.00 bits per heavy atom. The molecule has 0 bridgehead atoms. The number of aromatic nitrogens is 1. The van der Waals surface area contributed by atoms with Gasteiger partial charge < -0.3 is 15.5 Å². The summed E-state index contributed by atoms with van der Waals surface area (Å²) in [5, 5.41) is 22.2. The molecule has 4 heteroatoms. The summed E-state index contributed by atoms with van der Waals surface area (Å²) >= 11 is 0. The van der Waals surface area contributed by atoms with E-state index in [0.29, 0.717) is 5.56 Å². The minimum Gasteiger partial charge on any atom is -0.390 e. The van der Waals surface area contributed by atoms with Crippen LogP contribution in [0.25, 0.3) is 0 Å². The summed E-state index contributed by atoms with van der Waals surface area (Å²) in [5.74, 6) is 0. The molecule has 0 amide bonds. The fourth-order valence-electron chi connectivity index (χ4n) is 1.80. The second-order valence-corrected chi connectivity index (χ2v) is 3.99. The fraction of sp³-hybridized carbons (Fsp3) is 0.545. The molecule has 0 saturated heterocycles. The third kappa shape index (κ3) is 2.17. The zero-order valence-electron chi connectivity index (χ0n) is 8.77. The molecule has 1 aromatic heterocycles. The Morgan fingerprint density at radius 1 is 1.47 bits per heavy atom. The van der Waals surface area contributed by atoms with Gasteiger partial charge in [-0.25, -0.2) is 0 Å². The number of hydrogen-bond donors (Lipinski definition) is 3. The van der Waals surface area contributed by atoms with Crippen molar-refractivity contribution in [2.75, 3.05) is 6.54 Å². The maximum absolute atomic E-state index is 9.69. The number of nitrogens with one attached hydrogen (secondary N) is 1. The molecule has 2 unspecified atom stereocenters. The smallest absolute Gasteiger partial charge is 0.106 e. The molecule has 1 aliphatic rings. The summed E-state index contributed by atoms with van der Waals surface area (Å²) < 4.78 is 0. The number of fused-ring (bicyclic) bond motifs is 1. The average molecular weight is 208 g/mol. The van der Waals surface area contributed by atoms with Crippen LogP contribution in [0.2, 0.25) is 0 Å². The predicted molar refractivity (Wildman–Crippen MR) is 56.3 cm³/mol. The van der Waals surface area contributed by atoms with Crippen LogP contribution < -0.4 is 5.32 Å². The van der Waals surface area contributed by atoms with Crippen molar-refractivity contribution >= 4 is 0 Å². The molecular formula is C11H16N2O2. The molecule has 1 aromatic rings. The fourth-order valence-corrected chi connectivity index (χ4v) is 1.80. The van der Waals surface area contributed by atoms with Gasteiger partial charge in [-0.3, -0.25) is 4.98 Å². The van der Waals surface area contributed by atoms with Gasteiger partial charge in [0.25, 0.3) is 0 Å². The third-order valence-corrected chi connectivity index (χ3v) is 2.74. The number of nitrogens with zero attached hydrogens (tertiary/aromatic N) is 1. The SMILES string of the molecule is CC(O)C(O)c1cnc2c(c1)CCNC2. The Kier molecular flexibility index (Phi) is 3.00. The van der Waals surface area contributed by atoms with Crippen molar-refractivity contribution in [2.24, 2.45) is 0 Å². The monoisotopic (exact) mass is 208 g/mol. The quantitative estimate of drug-likeness (QED) is 0.647. The van der Waals surface area contributed by atoms with Crippen molar-refractivity contribution in [3.8, 4) is 0 Å². The van der Waals surface area contributed by atoms with Crippen molar-refractivity contribution in [1.29, 1.82) is 0 Å². The van der Waals surface area contributed by atoms with Crippen LogP contribution in [-0.4, -0.2) is 27.8 Å². The van der Waals surface area contributed by atoms with Crippen molar-refractivity contribution in [3.05, 3.63) is 29.1 Å². The summed E-state index contributed by atoms with van der Waals surface area (Å²) in [6.45, 7) is 3.31. The van der Waals surface area contributed by atoms with Crippen molar-refractivity contribution in [1.82, 2.24) is 10.3 Å². The van der Waals surface area contributed by atoms with E-state index in [2.05, 4.69) is 10.3 Å². The molecule has 15 heavy (non-hydrogen) atoms. The van der Waals surface area contributed by atoms with E-state index in [9.17, 15) is 10.2 Å². The molecule has 0 radical (unpaired) electrons. The zero-order chi connectivity index (χ0) is 10.8. The first-order chi connectivity index (χ1) is 7.18. The lowest BCUT2D eigenvalue weighted by molar-refractivity contribution is 0.0302. The molecule has 2 atom stereocenters. The highest BCUT2D eigenvalue weighted by molar-refractivity contribution is 5.28. The lowest BCUT2D eigenvalue weighted by atomic mass is 10.0. The molecule has 0 aromatic carbocycles. The van der Waals surface area contributed by atoms with Crippen LogP contribution in [0.4, 0.5) is 0 Å². The molecule has 1 aliphatic heterocycles. The summed E-state index contributed by atoms with van der Waals surface area (Å²) in [5.41, 5.74) is 2.92. The van der Waals surface area contributed by atoms with Crippen LogP contribution in [0, 0.1) is 0 Å². The van der Waals surface area contributed by atoms with Gasteiger partial charge in [0.1, 0.15) is 6.10 Å². The summed E-state index contributed by atoms with van der Waals surface area (Å²) in [6, 6.07) is 1.94. The second kappa shape index (κ2) is 4.26. The molecule has 2 heterocycles. The Hall–Kier alpha value is -0.970. The average Bonchev–Trinajstić information content (AvgIpc) is 2.27. The Morgan fingerprint density at radius 2 is 2.27 bits per heavy atom. The molecular weight excluding hydrogens is 192 g/mol. The van der Waals surface area contributed by atoms with Crippen molar-refractivity contribution in [2.45, 2.75) is 32.1 Å². The molecule has 0 fully saturated rings. The van der Waals surface area contributed by atoms with E-state index in [1.54, 1.807) is 13.1 Å². The minimum atomic E-state index is -0.835. The van der Waals surface area contributed by atoms with Gasteiger partial charge in [-0.2, -0.15) is 0 Å². The maximum Gasteiger partial charge on any atom is 0.106 e. The number of aliphatic hydroxyl groups is 2. The molecule has 2 rings (SSSR count). The van der Waals surface area contributed by atoms with Gasteiger partial charge in [0, 0.05) is 18.3 Å². The molecule has 0 aliphatic carbocycles. The number of rotatable bonds is 2. The van der Waals surface area contributed by atoms with Crippen molar-refractivity contribution in [3.63, 3.8) is 0 Å². The van der Waals surface area contributed by atoms with Crippen LogP contribution in [0.1, 0.15) is 29.8 Å². The lowest BCUT2D eigenvalue weighted by Gasteiger charge is -2.19. The second-order valence-electron chi connectivity index (χ2n) is 3.99. The molecule has 82 valence electrons. The first-order valence-electron chi connectivity index (χ1n) is 5.23. The van der Waals surface area contributed by atoms with Crippen LogP contribution in [0.3, 0.4) is 0 Å². The standard InChI is InChI=1S/C11H16N2O2/c1-7(14)11(15)9-4-8-2-3-12-6-10(8)13-5-9/h4-5,7,11-12,14-15H,2-3,6H2,1H3. The minimum absolute atomic E-state index is 0.700. The molecule has 4 nitrogen and oxygen atoms in total. The largest absolute Gasteiger partial charge is 0.390 e. The van der Waals surface area contributed by atoms with E-state index in [4.69, 9.17) is 0 Å². The summed E-state index contributed by atoms with van der Waals surface area (Å²) in [6.07, 6.45) is 0.982. The molecule has 0 saturated carbocycles. The summed E-state index contributed by atoms with van der Waals surface area (Å²) in [4.78, 5) is 4.29. The van der Waals surface area contributed by atoms with E-state index in [1.165, 1.54) is 5.56 Å². The Bertz CT molecular complexity index is 352. The first kappa shape index (κ1) is 10.5. The normalized spacial score (nSPS) is 19.4. The van der Waals surface area contributed by atoms with Gasteiger partial charge in [0.15, 0.2) is 0 Å². The molecule has 0 spiro atoms. The first-order valence-corrected chi connectivity index (χ1v) is 5.23. The number of aliphatic hydroxyl groups excluding tert-OH is 2. The highest BCUT2D eigenvalue weighted by atomic mass is 16.3. The highest BCUT2D eigenvalue weighted by Crippen LogP contribution is 2.20. The Labute approximate surface area is 89.0 Å². The number of pyridine rings is 1. The molecule has 3 N–H and O–H groups in total. The van der Waals surface area contributed by atoms with E-state index in [-0.39, 0.29) is 0 Å². The number of hydrogen-bond acceptors (Lipinski definition) is 4. The van der Waals surface area contributed by atoms with Gasteiger partial charge >= 0.3 is 0 Å². The van der Waals surface area contributed by atoms with Gasteiger partial charge in [-0.05, 0) is 31.5 Å². The Balaban J connectivity index is 2.27. The van der Waals surface area contributed by atoms with Crippen molar-refractivity contribution < 1.29 is 10.2 Å². The van der Waals surface area contributed by atoms with Gasteiger partial charge in [0.2, 0.25) is 0 Å². The predicted octanol–water partition coefficient (Wildman–Crippen LogP) is 0.141. The van der Waals surface area contributed by atoms with Gasteiger partial charge in [-0.1, -0.05) is 0 Å². The van der Waals surface area contributed by atoms with E-state index < -0.39 is 12.2 Å². The third-order valence-electron chi connectivity index (χ3n) is 2.74. The van der Waals surface area contributed by atoms with E-state index >= 15 is 0 Å². The summed E-state index contributed by atoms with van der Waals surface area (Å²) in [7, 11) is 0. The van der Waals surface area contributed by atoms with Crippen LogP contribution in [-0.2, 0) is 13.0 Å². The van der Waals surface area contributed by atoms with E-state index in [0.717, 1.165) is 25.2 Å². The van der Waals surface area contributed by atoms with Gasteiger partial charge in [0.05, 0.1) is 11.8 Å². The van der Waals surface area contributed by atoms with E-state index in [1.807, 2.05) is 6.07 Å². The zero-order valence-corrected chi connectivity index (χ0v) is 8.77. The topological polar surface area (TPSA) is 65.4 Å². The lowest BCUT2D eigenvalue weighted by Crippen LogP contribution is -2.25.